The summed E-state index contributed by atoms with van der Waals surface area (Å²) in [5.41, 5.74) is 6.06. The van der Waals surface area contributed by atoms with E-state index in [0.717, 1.165) is 5.56 Å². The molecule has 0 spiro atoms. The molecule has 2 N–H and O–H groups in total. The quantitative estimate of drug-likeness (QED) is 0.879. The molecule has 0 saturated heterocycles. The van der Waals surface area contributed by atoms with Crippen LogP contribution >= 0.6 is 12.4 Å². The summed E-state index contributed by atoms with van der Waals surface area (Å²) in [6, 6.07) is 11.3. The number of halogens is 4. The van der Waals surface area contributed by atoms with E-state index in [-0.39, 0.29) is 23.7 Å². The van der Waals surface area contributed by atoms with Crippen LogP contribution in [0.4, 0.5) is 13.2 Å². The number of rotatable bonds is 5. The van der Waals surface area contributed by atoms with Crippen LogP contribution in [-0.2, 0) is 6.61 Å². The molecule has 0 aromatic heterocycles. The predicted octanol–water partition coefficient (Wildman–Crippen LogP) is 4.26. The average molecular weight is 348 g/mol. The van der Waals surface area contributed by atoms with Crippen molar-refractivity contribution in [3.63, 3.8) is 0 Å². The molecule has 0 aliphatic carbocycles. The second-order valence-corrected chi connectivity index (χ2v) is 4.70. The lowest BCUT2D eigenvalue weighted by molar-refractivity contribution is -0.149. The van der Waals surface area contributed by atoms with Crippen LogP contribution in [0.1, 0.15) is 17.2 Å². The summed E-state index contributed by atoms with van der Waals surface area (Å²) < 4.78 is 48.6. The third-order valence-corrected chi connectivity index (χ3v) is 3.14. The molecule has 2 aromatic carbocycles. The Morgan fingerprint density at radius 1 is 1.04 bits per heavy atom. The van der Waals surface area contributed by atoms with Crippen LogP contribution in [0.25, 0.3) is 0 Å². The third kappa shape index (κ3) is 5.04. The van der Waals surface area contributed by atoms with Gasteiger partial charge >= 0.3 is 6.18 Å². The lowest BCUT2D eigenvalue weighted by Crippen LogP contribution is -2.28. The van der Waals surface area contributed by atoms with Crippen LogP contribution < -0.4 is 15.2 Å². The summed E-state index contributed by atoms with van der Waals surface area (Å²) in [7, 11) is 1.37. The van der Waals surface area contributed by atoms with Crippen LogP contribution in [0.5, 0.6) is 11.5 Å². The summed E-state index contributed by atoms with van der Waals surface area (Å²) in [5, 5.41) is 0. The Hall–Kier alpha value is -1.92. The van der Waals surface area contributed by atoms with Crippen molar-refractivity contribution in [3.05, 3.63) is 59.7 Å². The fourth-order valence-corrected chi connectivity index (χ4v) is 1.92. The zero-order valence-corrected chi connectivity index (χ0v) is 13.2. The fourth-order valence-electron chi connectivity index (χ4n) is 1.92. The first kappa shape index (κ1) is 19.1. The zero-order valence-electron chi connectivity index (χ0n) is 12.3. The summed E-state index contributed by atoms with van der Waals surface area (Å²) in [6.45, 7) is 0.294. The maximum atomic E-state index is 12.6. The van der Waals surface area contributed by atoms with Crippen molar-refractivity contribution in [2.75, 3.05) is 7.11 Å². The molecule has 1 atom stereocenters. The maximum absolute atomic E-state index is 12.6. The normalized spacial score (nSPS) is 12.2. The lowest BCUT2D eigenvalue weighted by Gasteiger charge is -2.18. The second-order valence-electron chi connectivity index (χ2n) is 4.70. The van der Waals surface area contributed by atoms with Gasteiger partial charge in [-0.1, -0.05) is 36.4 Å². The van der Waals surface area contributed by atoms with Gasteiger partial charge < -0.3 is 15.2 Å². The molecular weight excluding hydrogens is 331 g/mol. The van der Waals surface area contributed by atoms with Gasteiger partial charge in [0.25, 0.3) is 0 Å². The highest BCUT2D eigenvalue weighted by Crippen LogP contribution is 2.35. The summed E-state index contributed by atoms with van der Waals surface area (Å²) in [4.78, 5) is 0. The van der Waals surface area contributed by atoms with E-state index in [1.165, 1.54) is 25.3 Å². The topological polar surface area (TPSA) is 44.5 Å². The van der Waals surface area contributed by atoms with E-state index in [0.29, 0.717) is 12.4 Å². The highest BCUT2D eigenvalue weighted by atomic mass is 35.5. The van der Waals surface area contributed by atoms with E-state index in [4.69, 9.17) is 15.2 Å². The minimum absolute atomic E-state index is 0. The summed E-state index contributed by atoms with van der Waals surface area (Å²) in [5.74, 6) is 0.581. The molecule has 0 fully saturated rings. The van der Waals surface area contributed by atoms with Crippen molar-refractivity contribution in [2.24, 2.45) is 5.73 Å². The molecule has 0 saturated carbocycles. The van der Waals surface area contributed by atoms with Gasteiger partial charge in [0.05, 0.1) is 7.11 Å². The van der Waals surface area contributed by atoms with Crippen molar-refractivity contribution in [3.8, 4) is 11.5 Å². The molecule has 0 amide bonds. The van der Waals surface area contributed by atoms with E-state index in [2.05, 4.69) is 0 Å². The molecule has 0 unspecified atom stereocenters. The molecule has 0 aliphatic heterocycles. The van der Waals surface area contributed by atoms with E-state index in [1.54, 1.807) is 0 Å². The predicted molar refractivity (Wildman–Crippen MR) is 84.0 cm³/mol. The van der Waals surface area contributed by atoms with Crippen molar-refractivity contribution in [2.45, 2.75) is 18.8 Å². The van der Waals surface area contributed by atoms with Gasteiger partial charge in [0, 0.05) is 0 Å². The number of alkyl halides is 3. The number of ether oxygens (including phenoxy) is 2. The Morgan fingerprint density at radius 2 is 1.70 bits per heavy atom. The van der Waals surface area contributed by atoms with Crippen molar-refractivity contribution in [1.82, 2.24) is 0 Å². The monoisotopic (exact) mass is 347 g/mol. The molecule has 7 heteroatoms. The van der Waals surface area contributed by atoms with E-state index >= 15 is 0 Å². The molecule has 0 bridgehead atoms. The largest absolute Gasteiger partial charge is 0.493 e. The SMILES string of the molecule is COc1cc([C@H](N)C(F)(F)F)ccc1OCc1ccccc1.Cl. The summed E-state index contributed by atoms with van der Waals surface area (Å²) >= 11 is 0. The third-order valence-electron chi connectivity index (χ3n) is 3.14. The molecule has 2 aromatic rings. The average Bonchev–Trinajstić information content (AvgIpc) is 2.52. The number of benzene rings is 2. The number of hydrogen-bond donors (Lipinski definition) is 1. The van der Waals surface area contributed by atoms with Gasteiger partial charge in [0.15, 0.2) is 11.5 Å². The van der Waals surface area contributed by atoms with Gasteiger partial charge in [-0.25, -0.2) is 0 Å². The molecule has 0 aliphatic rings. The summed E-state index contributed by atoms with van der Waals surface area (Å²) in [6.07, 6.45) is -4.50. The number of nitrogens with two attached hydrogens (primary N) is 1. The molecule has 3 nitrogen and oxygen atoms in total. The highest BCUT2D eigenvalue weighted by Gasteiger charge is 2.38. The smallest absolute Gasteiger partial charge is 0.407 e. The lowest BCUT2D eigenvalue weighted by atomic mass is 10.1. The first-order chi connectivity index (χ1) is 10.4. The number of methoxy groups -OCH3 is 1. The Bertz CT molecular complexity index is 620. The zero-order chi connectivity index (χ0) is 16.2. The first-order valence-electron chi connectivity index (χ1n) is 6.59. The van der Waals surface area contributed by atoms with Gasteiger partial charge in [-0.05, 0) is 23.3 Å². The van der Waals surface area contributed by atoms with Crippen LogP contribution in [0, 0.1) is 0 Å². The minimum Gasteiger partial charge on any atom is -0.493 e. The standard InChI is InChI=1S/C16H16F3NO2.ClH/c1-21-14-9-12(15(20)16(17,18)19)7-8-13(14)22-10-11-5-3-2-4-6-11;/h2-9,15H,10,20H2,1H3;1H/t15-;/m0./s1. The fraction of sp³-hybridized carbons (Fsp3) is 0.250. The van der Waals surface area contributed by atoms with Crippen LogP contribution in [0.2, 0.25) is 0 Å². The van der Waals surface area contributed by atoms with E-state index in [1.807, 2.05) is 30.3 Å². The molecule has 0 radical (unpaired) electrons. The van der Waals surface area contributed by atoms with Crippen molar-refractivity contribution < 1.29 is 22.6 Å². The molecule has 126 valence electrons. The molecule has 2 rings (SSSR count). The van der Waals surface area contributed by atoms with Crippen molar-refractivity contribution >= 4 is 12.4 Å². The van der Waals surface area contributed by atoms with Crippen LogP contribution in [0.3, 0.4) is 0 Å². The van der Waals surface area contributed by atoms with Gasteiger partial charge in [-0.3, -0.25) is 0 Å². The Kier molecular flexibility index (Phi) is 6.72. The Morgan fingerprint density at radius 3 is 2.26 bits per heavy atom. The van der Waals surface area contributed by atoms with Gasteiger partial charge in [0.1, 0.15) is 12.6 Å². The molecule has 23 heavy (non-hydrogen) atoms. The molecule has 0 heterocycles. The Labute approximate surface area is 138 Å². The highest BCUT2D eigenvalue weighted by molar-refractivity contribution is 5.85. The Balaban J connectivity index is 0.00000264. The second kappa shape index (κ2) is 8.08. The molecular formula is C16H17ClF3NO2. The maximum Gasteiger partial charge on any atom is 0.407 e. The van der Waals surface area contributed by atoms with Gasteiger partial charge in [-0.15, -0.1) is 12.4 Å². The van der Waals surface area contributed by atoms with E-state index < -0.39 is 12.2 Å². The van der Waals surface area contributed by atoms with Crippen molar-refractivity contribution in [1.29, 1.82) is 0 Å². The number of hydrogen-bond acceptors (Lipinski definition) is 3. The van der Waals surface area contributed by atoms with E-state index in [9.17, 15) is 13.2 Å². The minimum atomic E-state index is -4.50. The first-order valence-corrected chi connectivity index (χ1v) is 6.59. The van der Waals surface area contributed by atoms with Crippen LogP contribution in [-0.4, -0.2) is 13.3 Å². The van der Waals surface area contributed by atoms with Crippen LogP contribution in [0.15, 0.2) is 48.5 Å². The van der Waals surface area contributed by atoms with Gasteiger partial charge in [0.2, 0.25) is 0 Å². The van der Waals surface area contributed by atoms with Gasteiger partial charge in [-0.2, -0.15) is 13.2 Å².